The molecule has 4 nitrogen and oxygen atoms in total. The molecule has 1 fully saturated rings. The van der Waals surface area contributed by atoms with Crippen molar-refractivity contribution in [2.24, 2.45) is 0 Å². The van der Waals surface area contributed by atoms with Crippen LogP contribution < -0.4 is 0 Å². The van der Waals surface area contributed by atoms with E-state index in [0.29, 0.717) is 0 Å². The Kier molecular flexibility index (Phi) is 3.68. The molecule has 1 N–H and O–H groups in total. The molecule has 0 unspecified atom stereocenters. The molecule has 102 valence electrons. The molecule has 1 atom stereocenters. The maximum atomic E-state index is 9.67. The predicted molar refractivity (Wildman–Crippen MR) is 75.1 cm³/mol. The quantitative estimate of drug-likeness (QED) is 0.937. The summed E-state index contributed by atoms with van der Waals surface area (Å²) in [6, 6.07) is 3.92. The van der Waals surface area contributed by atoms with Crippen molar-refractivity contribution in [1.29, 1.82) is 0 Å². The normalized spacial score (nSPS) is 20.8. The fraction of sp³-hybridized carbons (Fsp3) is 0.500. The first-order valence-corrected chi connectivity index (χ1v) is 7.50. The number of hydrogen-bond donors (Lipinski definition) is 1. The van der Waals surface area contributed by atoms with Crippen LogP contribution in [0.5, 0.6) is 0 Å². The van der Waals surface area contributed by atoms with Gasteiger partial charge in [-0.05, 0) is 38.4 Å². The summed E-state index contributed by atoms with van der Waals surface area (Å²) in [5.74, 6) is 1.75. The lowest BCUT2D eigenvalue weighted by Gasteiger charge is -2.29. The summed E-state index contributed by atoms with van der Waals surface area (Å²) in [7, 11) is 0. The minimum absolute atomic E-state index is 0.181. The molecule has 1 saturated heterocycles. The first-order valence-electron chi connectivity index (χ1n) is 6.62. The number of hydrogen-bond acceptors (Lipinski definition) is 5. The molecule has 0 amide bonds. The summed E-state index contributed by atoms with van der Waals surface area (Å²) < 4.78 is 5.58. The van der Waals surface area contributed by atoms with E-state index >= 15 is 0 Å². The van der Waals surface area contributed by atoms with Crippen molar-refractivity contribution < 1.29 is 9.52 Å². The smallest absolute Gasteiger partial charge is 0.162 e. The second-order valence-corrected chi connectivity index (χ2v) is 5.94. The molecule has 5 heteroatoms. The van der Waals surface area contributed by atoms with Crippen LogP contribution in [-0.2, 0) is 6.54 Å². The molecule has 2 aromatic rings. The SMILES string of the molecule is Cc1ccc(-c2nc(CN3CCC[C@H](O)C3)cs2)o1. The molecule has 0 aromatic carbocycles. The highest BCUT2D eigenvalue weighted by molar-refractivity contribution is 7.13. The van der Waals surface area contributed by atoms with Crippen LogP contribution in [0.1, 0.15) is 24.3 Å². The molecule has 0 radical (unpaired) electrons. The summed E-state index contributed by atoms with van der Waals surface area (Å²) in [6.45, 7) is 4.55. The Morgan fingerprint density at radius 3 is 3.16 bits per heavy atom. The third kappa shape index (κ3) is 3.05. The van der Waals surface area contributed by atoms with Crippen molar-refractivity contribution >= 4 is 11.3 Å². The highest BCUT2D eigenvalue weighted by Gasteiger charge is 2.18. The van der Waals surface area contributed by atoms with Gasteiger partial charge in [-0.15, -0.1) is 11.3 Å². The number of thiazole rings is 1. The molecule has 0 saturated carbocycles. The van der Waals surface area contributed by atoms with Gasteiger partial charge in [0, 0.05) is 18.5 Å². The average molecular weight is 278 g/mol. The Morgan fingerprint density at radius 2 is 2.42 bits per heavy atom. The van der Waals surface area contributed by atoms with Gasteiger partial charge in [-0.3, -0.25) is 4.90 Å². The van der Waals surface area contributed by atoms with Crippen LogP contribution >= 0.6 is 11.3 Å². The Labute approximate surface area is 116 Å². The van der Waals surface area contributed by atoms with Gasteiger partial charge in [0.15, 0.2) is 10.8 Å². The standard InChI is InChI=1S/C14H18N2O2S/c1-10-4-5-13(18-10)14-15-11(9-19-14)7-16-6-2-3-12(17)8-16/h4-5,9,12,17H,2-3,6-8H2,1H3/t12-/m0/s1. The summed E-state index contributed by atoms with van der Waals surface area (Å²) in [6.07, 6.45) is 1.81. The topological polar surface area (TPSA) is 49.5 Å². The molecule has 3 heterocycles. The van der Waals surface area contributed by atoms with Gasteiger partial charge in [-0.25, -0.2) is 4.98 Å². The zero-order chi connectivity index (χ0) is 13.2. The molecular formula is C14H18N2O2S. The monoisotopic (exact) mass is 278 g/mol. The van der Waals surface area contributed by atoms with Crippen LogP contribution in [-0.4, -0.2) is 34.2 Å². The lowest BCUT2D eigenvalue weighted by Crippen LogP contribution is -2.37. The van der Waals surface area contributed by atoms with Gasteiger partial charge in [0.1, 0.15) is 5.76 Å². The number of aryl methyl sites for hydroxylation is 1. The van der Waals surface area contributed by atoms with E-state index in [1.165, 1.54) is 0 Å². The Morgan fingerprint density at radius 1 is 1.53 bits per heavy atom. The molecule has 19 heavy (non-hydrogen) atoms. The van der Waals surface area contributed by atoms with Crippen LogP contribution in [0.15, 0.2) is 21.9 Å². The zero-order valence-electron chi connectivity index (χ0n) is 11.0. The molecular weight excluding hydrogens is 260 g/mol. The van der Waals surface area contributed by atoms with E-state index in [4.69, 9.17) is 4.42 Å². The highest BCUT2D eigenvalue weighted by atomic mass is 32.1. The highest BCUT2D eigenvalue weighted by Crippen LogP contribution is 2.26. The van der Waals surface area contributed by atoms with Gasteiger partial charge in [0.2, 0.25) is 0 Å². The van der Waals surface area contributed by atoms with Crippen LogP contribution in [0.25, 0.3) is 10.8 Å². The lowest BCUT2D eigenvalue weighted by atomic mass is 10.1. The Balaban J connectivity index is 1.68. The van der Waals surface area contributed by atoms with Gasteiger partial charge in [-0.1, -0.05) is 0 Å². The maximum absolute atomic E-state index is 9.67. The van der Waals surface area contributed by atoms with E-state index < -0.39 is 0 Å². The molecule has 0 aliphatic carbocycles. The van der Waals surface area contributed by atoms with Crippen LogP contribution in [0, 0.1) is 6.92 Å². The average Bonchev–Trinajstić information content (AvgIpc) is 2.98. The van der Waals surface area contributed by atoms with Gasteiger partial charge in [-0.2, -0.15) is 0 Å². The van der Waals surface area contributed by atoms with Crippen molar-refractivity contribution in [2.75, 3.05) is 13.1 Å². The number of aliphatic hydroxyl groups is 1. The predicted octanol–water partition coefficient (Wildman–Crippen LogP) is 2.67. The van der Waals surface area contributed by atoms with Crippen molar-refractivity contribution in [3.63, 3.8) is 0 Å². The third-order valence-electron chi connectivity index (χ3n) is 3.37. The van der Waals surface area contributed by atoms with Crippen molar-refractivity contribution in [1.82, 2.24) is 9.88 Å². The summed E-state index contributed by atoms with van der Waals surface area (Å²) in [4.78, 5) is 6.88. The summed E-state index contributed by atoms with van der Waals surface area (Å²) in [5, 5.41) is 12.7. The largest absolute Gasteiger partial charge is 0.459 e. The first-order chi connectivity index (χ1) is 9.20. The van der Waals surface area contributed by atoms with E-state index in [1.54, 1.807) is 11.3 Å². The Bertz CT molecular complexity index is 549. The summed E-state index contributed by atoms with van der Waals surface area (Å²) >= 11 is 1.61. The first kappa shape index (κ1) is 12.8. The van der Waals surface area contributed by atoms with Crippen molar-refractivity contribution in [3.05, 3.63) is 29.0 Å². The number of β-amino-alcohol motifs (C(OH)–C–C–N with tert-alkyl or cyclic N) is 1. The number of aliphatic hydroxyl groups excluding tert-OH is 1. The molecule has 1 aliphatic heterocycles. The molecule has 0 bridgehead atoms. The number of nitrogens with zero attached hydrogens (tertiary/aromatic N) is 2. The number of aromatic nitrogens is 1. The lowest BCUT2D eigenvalue weighted by molar-refractivity contribution is 0.0663. The van der Waals surface area contributed by atoms with Crippen LogP contribution in [0.3, 0.4) is 0 Å². The minimum Gasteiger partial charge on any atom is -0.459 e. The van der Waals surface area contributed by atoms with E-state index in [1.807, 2.05) is 19.1 Å². The second kappa shape index (κ2) is 5.45. The molecule has 0 spiro atoms. The minimum atomic E-state index is -0.181. The van der Waals surface area contributed by atoms with Gasteiger partial charge in [0.05, 0.1) is 11.8 Å². The van der Waals surface area contributed by atoms with Gasteiger partial charge >= 0.3 is 0 Å². The number of likely N-dealkylation sites (tertiary alicyclic amines) is 1. The molecule has 1 aliphatic rings. The molecule has 3 rings (SSSR count). The van der Waals surface area contributed by atoms with Gasteiger partial charge < -0.3 is 9.52 Å². The van der Waals surface area contributed by atoms with Crippen LogP contribution in [0.2, 0.25) is 0 Å². The third-order valence-corrected chi connectivity index (χ3v) is 4.27. The van der Waals surface area contributed by atoms with E-state index in [0.717, 1.165) is 54.7 Å². The number of rotatable bonds is 3. The number of furan rings is 1. The van der Waals surface area contributed by atoms with Gasteiger partial charge in [0.25, 0.3) is 0 Å². The Hall–Kier alpha value is -1.17. The fourth-order valence-corrected chi connectivity index (χ4v) is 3.22. The van der Waals surface area contributed by atoms with Crippen LogP contribution in [0.4, 0.5) is 0 Å². The zero-order valence-corrected chi connectivity index (χ0v) is 11.8. The molecule has 2 aromatic heterocycles. The fourth-order valence-electron chi connectivity index (χ4n) is 2.45. The van der Waals surface area contributed by atoms with E-state index in [2.05, 4.69) is 15.3 Å². The second-order valence-electron chi connectivity index (χ2n) is 5.09. The summed E-state index contributed by atoms with van der Waals surface area (Å²) in [5.41, 5.74) is 1.06. The van der Waals surface area contributed by atoms with E-state index in [-0.39, 0.29) is 6.10 Å². The van der Waals surface area contributed by atoms with Crippen molar-refractivity contribution in [2.45, 2.75) is 32.4 Å². The maximum Gasteiger partial charge on any atom is 0.162 e. The van der Waals surface area contributed by atoms with Crippen molar-refractivity contribution in [3.8, 4) is 10.8 Å². The number of piperidine rings is 1. The van der Waals surface area contributed by atoms with E-state index in [9.17, 15) is 5.11 Å².